The van der Waals surface area contributed by atoms with Gasteiger partial charge in [0.15, 0.2) is 5.82 Å². The Kier molecular flexibility index (Phi) is 3.96. The van der Waals surface area contributed by atoms with Gasteiger partial charge < -0.3 is 15.8 Å². The molecule has 0 spiro atoms. The predicted molar refractivity (Wildman–Crippen MR) is 71.6 cm³/mol. The first-order chi connectivity index (χ1) is 8.75. The second kappa shape index (κ2) is 5.86. The van der Waals surface area contributed by atoms with E-state index in [9.17, 15) is 0 Å². The molecule has 18 heavy (non-hydrogen) atoms. The van der Waals surface area contributed by atoms with Crippen molar-refractivity contribution in [3.8, 4) is 5.75 Å². The third-order valence-corrected chi connectivity index (χ3v) is 2.39. The fourth-order valence-electron chi connectivity index (χ4n) is 1.53. The van der Waals surface area contributed by atoms with E-state index in [1.54, 1.807) is 6.20 Å². The van der Waals surface area contributed by atoms with Crippen molar-refractivity contribution in [2.75, 3.05) is 24.2 Å². The summed E-state index contributed by atoms with van der Waals surface area (Å²) in [6.45, 7) is 3.22. The fourth-order valence-corrected chi connectivity index (χ4v) is 1.53. The maximum Gasteiger partial charge on any atom is 0.152 e. The molecule has 5 heteroatoms. The van der Waals surface area contributed by atoms with Gasteiger partial charge in [-0.05, 0) is 24.6 Å². The summed E-state index contributed by atoms with van der Waals surface area (Å²) >= 11 is 0. The van der Waals surface area contributed by atoms with Gasteiger partial charge in [0, 0.05) is 0 Å². The molecule has 0 atom stereocenters. The van der Waals surface area contributed by atoms with E-state index in [0.29, 0.717) is 24.7 Å². The van der Waals surface area contributed by atoms with Crippen molar-refractivity contribution >= 4 is 11.5 Å². The third kappa shape index (κ3) is 3.35. The van der Waals surface area contributed by atoms with Crippen LogP contribution in [0.1, 0.15) is 5.56 Å². The van der Waals surface area contributed by atoms with E-state index in [0.717, 1.165) is 5.75 Å². The number of aryl methyl sites for hydroxylation is 1. The van der Waals surface area contributed by atoms with Crippen molar-refractivity contribution in [3.63, 3.8) is 0 Å². The lowest BCUT2D eigenvalue weighted by Crippen LogP contribution is -2.13. The molecule has 0 saturated heterocycles. The topological polar surface area (TPSA) is 73.1 Å². The number of hydrogen-bond donors (Lipinski definition) is 2. The summed E-state index contributed by atoms with van der Waals surface area (Å²) in [5.74, 6) is 1.50. The number of nitrogens with two attached hydrogens (primary N) is 1. The van der Waals surface area contributed by atoms with Crippen molar-refractivity contribution < 1.29 is 4.74 Å². The zero-order chi connectivity index (χ0) is 12.8. The van der Waals surface area contributed by atoms with Crippen LogP contribution in [0.2, 0.25) is 0 Å². The summed E-state index contributed by atoms with van der Waals surface area (Å²) in [5, 5.41) is 3.10. The Morgan fingerprint density at radius 2 is 2.28 bits per heavy atom. The minimum Gasteiger partial charge on any atom is -0.492 e. The lowest BCUT2D eigenvalue weighted by atomic mass is 10.2. The number of nitrogens with one attached hydrogen (secondary N) is 1. The number of ether oxygens (including phenoxy) is 1. The Balaban J connectivity index is 1.78. The lowest BCUT2D eigenvalue weighted by Gasteiger charge is -2.09. The highest BCUT2D eigenvalue weighted by molar-refractivity contribution is 5.58. The number of nitrogens with zero attached hydrogens (tertiary/aromatic N) is 2. The summed E-state index contributed by atoms with van der Waals surface area (Å²) in [4.78, 5) is 7.86. The summed E-state index contributed by atoms with van der Waals surface area (Å²) in [6.07, 6.45) is 3.02. The zero-order valence-electron chi connectivity index (χ0n) is 10.3. The van der Waals surface area contributed by atoms with E-state index in [1.165, 1.54) is 11.9 Å². The SMILES string of the molecule is Cc1cccc(OCCNc2ncncc2N)c1. The Bertz CT molecular complexity index is 516. The maximum atomic E-state index is 5.71. The van der Waals surface area contributed by atoms with E-state index in [2.05, 4.69) is 15.3 Å². The van der Waals surface area contributed by atoms with E-state index in [4.69, 9.17) is 10.5 Å². The van der Waals surface area contributed by atoms with Crippen LogP contribution in [-0.4, -0.2) is 23.1 Å². The van der Waals surface area contributed by atoms with Crippen LogP contribution >= 0.6 is 0 Å². The van der Waals surface area contributed by atoms with Gasteiger partial charge in [-0.3, -0.25) is 0 Å². The Hall–Kier alpha value is -2.30. The van der Waals surface area contributed by atoms with Crippen LogP contribution in [0.25, 0.3) is 0 Å². The largest absolute Gasteiger partial charge is 0.492 e. The van der Waals surface area contributed by atoms with Crippen LogP contribution in [0.3, 0.4) is 0 Å². The molecular weight excluding hydrogens is 228 g/mol. The standard InChI is InChI=1S/C13H16N4O/c1-10-3-2-4-11(7-10)18-6-5-16-13-12(14)8-15-9-17-13/h2-4,7-9H,5-6,14H2,1H3,(H,15,16,17). The highest BCUT2D eigenvalue weighted by Gasteiger charge is 1.99. The van der Waals surface area contributed by atoms with Crippen LogP contribution < -0.4 is 15.8 Å². The Labute approximate surface area is 106 Å². The monoisotopic (exact) mass is 244 g/mol. The van der Waals surface area contributed by atoms with Crippen molar-refractivity contribution in [2.45, 2.75) is 6.92 Å². The molecule has 5 nitrogen and oxygen atoms in total. The molecule has 0 aliphatic rings. The number of benzene rings is 1. The molecule has 1 aromatic carbocycles. The molecular formula is C13H16N4O. The third-order valence-electron chi connectivity index (χ3n) is 2.39. The van der Waals surface area contributed by atoms with Gasteiger partial charge >= 0.3 is 0 Å². The number of aromatic nitrogens is 2. The van der Waals surface area contributed by atoms with Crippen LogP contribution in [0.4, 0.5) is 11.5 Å². The van der Waals surface area contributed by atoms with Crippen molar-refractivity contribution in [2.24, 2.45) is 0 Å². The van der Waals surface area contributed by atoms with Crippen LogP contribution in [0.5, 0.6) is 5.75 Å². The molecule has 0 saturated carbocycles. The number of nitrogen functional groups attached to an aromatic ring is 1. The molecule has 0 fully saturated rings. The van der Waals surface area contributed by atoms with Gasteiger partial charge in [0.05, 0.1) is 18.4 Å². The highest BCUT2D eigenvalue weighted by atomic mass is 16.5. The minimum atomic E-state index is 0.535. The number of hydrogen-bond acceptors (Lipinski definition) is 5. The number of rotatable bonds is 5. The maximum absolute atomic E-state index is 5.71. The Morgan fingerprint density at radius 3 is 3.06 bits per heavy atom. The normalized spacial score (nSPS) is 10.1. The van der Waals surface area contributed by atoms with Gasteiger partial charge in [0.1, 0.15) is 18.7 Å². The smallest absolute Gasteiger partial charge is 0.152 e. The van der Waals surface area contributed by atoms with Crippen LogP contribution in [0, 0.1) is 6.92 Å². The first kappa shape index (κ1) is 12.2. The van der Waals surface area contributed by atoms with E-state index in [-0.39, 0.29) is 0 Å². The quantitative estimate of drug-likeness (QED) is 0.785. The lowest BCUT2D eigenvalue weighted by molar-refractivity contribution is 0.332. The fraction of sp³-hybridized carbons (Fsp3) is 0.231. The van der Waals surface area contributed by atoms with E-state index in [1.807, 2.05) is 31.2 Å². The first-order valence-corrected chi connectivity index (χ1v) is 5.74. The highest BCUT2D eigenvalue weighted by Crippen LogP contribution is 2.13. The first-order valence-electron chi connectivity index (χ1n) is 5.74. The molecule has 0 aliphatic heterocycles. The van der Waals surface area contributed by atoms with E-state index >= 15 is 0 Å². The second-order valence-corrected chi connectivity index (χ2v) is 3.92. The van der Waals surface area contributed by atoms with Gasteiger partial charge in [-0.1, -0.05) is 12.1 Å². The van der Waals surface area contributed by atoms with Crippen molar-refractivity contribution in [3.05, 3.63) is 42.4 Å². The molecule has 0 bridgehead atoms. The summed E-state index contributed by atoms with van der Waals surface area (Å²) in [7, 11) is 0. The molecule has 3 N–H and O–H groups in total. The van der Waals surface area contributed by atoms with Gasteiger partial charge in [0.25, 0.3) is 0 Å². The average molecular weight is 244 g/mol. The molecule has 2 aromatic rings. The van der Waals surface area contributed by atoms with Crippen LogP contribution in [0.15, 0.2) is 36.8 Å². The van der Waals surface area contributed by atoms with Crippen LogP contribution in [-0.2, 0) is 0 Å². The molecule has 1 heterocycles. The molecule has 0 amide bonds. The van der Waals surface area contributed by atoms with Gasteiger partial charge in [-0.2, -0.15) is 0 Å². The molecule has 0 radical (unpaired) electrons. The summed E-state index contributed by atoms with van der Waals surface area (Å²) in [6, 6.07) is 7.94. The van der Waals surface area contributed by atoms with Gasteiger partial charge in [0.2, 0.25) is 0 Å². The second-order valence-electron chi connectivity index (χ2n) is 3.92. The predicted octanol–water partition coefficient (Wildman–Crippen LogP) is 1.86. The van der Waals surface area contributed by atoms with Crippen molar-refractivity contribution in [1.29, 1.82) is 0 Å². The average Bonchev–Trinajstić information content (AvgIpc) is 2.37. The van der Waals surface area contributed by atoms with Gasteiger partial charge in [-0.25, -0.2) is 9.97 Å². The molecule has 94 valence electrons. The zero-order valence-corrected chi connectivity index (χ0v) is 10.3. The van der Waals surface area contributed by atoms with E-state index < -0.39 is 0 Å². The molecule has 0 aliphatic carbocycles. The molecule has 0 unspecified atom stereocenters. The summed E-state index contributed by atoms with van der Waals surface area (Å²) < 4.78 is 5.60. The number of anilines is 2. The van der Waals surface area contributed by atoms with Gasteiger partial charge in [-0.15, -0.1) is 0 Å². The minimum absolute atomic E-state index is 0.535. The summed E-state index contributed by atoms with van der Waals surface area (Å²) in [5.41, 5.74) is 7.42. The Morgan fingerprint density at radius 1 is 1.39 bits per heavy atom. The molecule has 1 aromatic heterocycles. The van der Waals surface area contributed by atoms with Crippen molar-refractivity contribution in [1.82, 2.24) is 9.97 Å². The molecule has 2 rings (SSSR count).